The van der Waals surface area contributed by atoms with Crippen molar-refractivity contribution < 1.29 is 32.2 Å². The molecule has 0 aliphatic rings. The molecule has 0 atom stereocenters. The van der Waals surface area contributed by atoms with Crippen LogP contribution in [-0.4, -0.2) is 37.5 Å². The Labute approximate surface area is 145 Å². The Kier molecular flexibility index (Phi) is 7.72. The SMILES string of the molecule is CNCCCOc1cc(=O)oc2ccc(Cl)cc12.O=C(O)C(F)(F)F. The van der Waals surface area contributed by atoms with Gasteiger partial charge in [0.2, 0.25) is 0 Å². The number of hydrogen-bond donors (Lipinski definition) is 2. The third-order valence-electron chi connectivity index (χ3n) is 2.74. The van der Waals surface area contributed by atoms with E-state index in [-0.39, 0.29) is 0 Å². The standard InChI is InChI=1S/C13H14ClNO3.C2HF3O2/c1-15-5-2-6-17-12-8-13(16)18-11-4-3-9(14)7-10(11)12;3-2(4,5)1(6)7/h3-4,7-8,15H,2,5-6H2,1H3;(H,6,7). The molecule has 25 heavy (non-hydrogen) atoms. The number of nitrogens with one attached hydrogen (secondary N) is 1. The van der Waals surface area contributed by atoms with E-state index in [4.69, 9.17) is 30.7 Å². The van der Waals surface area contributed by atoms with Gasteiger partial charge in [-0.15, -0.1) is 0 Å². The Morgan fingerprint density at radius 1 is 1.36 bits per heavy atom. The molecular formula is C15H15ClF3NO5. The number of benzene rings is 1. The maximum atomic E-state index is 11.4. The van der Waals surface area contributed by atoms with Crippen LogP contribution >= 0.6 is 11.6 Å². The Bertz CT molecular complexity index is 776. The zero-order valence-corrected chi connectivity index (χ0v) is 13.8. The van der Waals surface area contributed by atoms with Gasteiger partial charge in [0.1, 0.15) is 11.3 Å². The first-order valence-electron chi connectivity index (χ1n) is 6.96. The lowest BCUT2D eigenvalue weighted by Gasteiger charge is -2.08. The number of hydrogen-bond acceptors (Lipinski definition) is 5. The van der Waals surface area contributed by atoms with E-state index in [0.29, 0.717) is 28.3 Å². The summed E-state index contributed by atoms with van der Waals surface area (Å²) in [6, 6.07) is 6.42. The van der Waals surface area contributed by atoms with Crippen molar-refractivity contribution in [3.05, 3.63) is 39.7 Å². The summed E-state index contributed by atoms with van der Waals surface area (Å²) >= 11 is 5.93. The monoisotopic (exact) mass is 381 g/mol. The van der Waals surface area contributed by atoms with E-state index in [2.05, 4.69) is 5.32 Å². The Morgan fingerprint density at radius 3 is 2.56 bits per heavy atom. The summed E-state index contributed by atoms with van der Waals surface area (Å²) in [6.07, 6.45) is -4.22. The van der Waals surface area contributed by atoms with Gasteiger partial charge in [0, 0.05) is 5.02 Å². The van der Waals surface area contributed by atoms with Crippen LogP contribution in [0.4, 0.5) is 13.2 Å². The average molecular weight is 382 g/mol. The van der Waals surface area contributed by atoms with E-state index in [1.165, 1.54) is 6.07 Å². The number of carboxylic acid groups (broad SMARTS) is 1. The Morgan fingerprint density at radius 2 is 2.00 bits per heavy atom. The van der Waals surface area contributed by atoms with E-state index in [1.54, 1.807) is 18.2 Å². The quantitative estimate of drug-likeness (QED) is 0.611. The fraction of sp³-hybridized carbons (Fsp3) is 0.333. The van der Waals surface area contributed by atoms with Crippen LogP contribution in [0.15, 0.2) is 33.5 Å². The lowest BCUT2D eigenvalue weighted by molar-refractivity contribution is -0.192. The van der Waals surface area contributed by atoms with Crippen LogP contribution < -0.4 is 15.7 Å². The molecule has 2 rings (SSSR count). The van der Waals surface area contributed by atoms with Gasteiger partial charge in [0.15, 0.2) is 0 Å². The van der Waals surface area contributed by atoms with Gasteiger partial charge < -0.3 is 19.6 Å². The number of fused-ring (bicyclic) bond motifs is 1. The number of carbonyl (C=O) groups is 1. The van der Waals surface area contributed by atoms with E-state index in [1.807, 2.05) is 7.05 Å². The van der Waals surface area contributed by atoms with Crippen LogP contribution in [0.25, 0.3) is 11.0 Å². The molecule has 1 aromatic heterocycles. The van der Waals surface area contributed by atoms with Crippen LogP contribution in [0, 0.1) is 0 Å². The maximum absolute atomic E-state index is 11.4. The van der Waals surface area contributed by atoms with E-state index < -0.39 is 17.8 Å². The Balaban J connectivity index is 0.000000381. The summed E-state index contributed by atoms with van der Waals surface area (Å²) in [5.74, 6) is -2.24. The summed E-state index contributed by atoms with van der Waals surface area (Å²) in [6.45, 7) is 1.39. The van der Waals surface area contributed by atoms with Crippen LogP contribution in [-0.2, 0) is 4.79 Å². The minimum Gasteiger partial charge on any atom is -0.492 e. The van der Waals surface area contributed by atoms with Crippen molar-refractivity contribution >= 4 is 28.5 Å². The van der Waals surface area contributed by atoms with Gasteiger partial charge in [0.25, 0.3) is 0 Å². The van der Waals surface area contributed by atoms with Gasteiger partial charge >= 0.3 is 17.8 Å². The van der Waals surface area contributed by atoms with Gasteiger partial charge in [-0.05, 0) is 38.2 Å². The third kappa shape index (κ3) is 7.02. The molecule has 6 nitrogen and oxygen atoms in total. The molecule has 0 bridgehead atoms. The summed E-state index contributed by atoms with van der Waals surface area (Å²) in [5, 5.41) is 11.4. The molecule has 0 radical (unpaired) electrons. The zero-order valence-electron chi connectivity index (χ0n) is 13.0. The first kappa shape index (κ1) is 20.8. The fourth-order valence-electron chi connectivity index (χ4n) is 1.66. The molecule has 0 saturated carbocycles. The molecule has 2 N–H and O–H groups in total. The highest BCUT2D eigenvalue weighted by molar-refractivity contribution is 6.31. The van der Waals surface area contributed by atoms with Crippen molar-refractivity contribution in [2.45, 2.75) is 12.6 Å². The van der Waals surface area contributed by atoms with Crippen molar-refractivity contribution in [1.29, 1.82) is 0 Å². The highest BCUT2D eigenvalue weighted by Crippen LogP contribution is 2.26. The number of ether oxygens (including phenoxy) is 1. The minimum absolute atomic E-state index is 0.423. The molecule has 0 unspecified atom stereocenters. The molecule has 10 heteroatoms. The largest absolute Gasteiger partial charge is 0.492 e. The van der Waals surface area contributed by atoms with Crippen LogP contribution in [0.1, 0.15) is 6.42 Å². The van der Waals surface area contributed by atoms with Gasteiger partial charge in [0.05, 0.1) is 18.1 Å². The van der Waals surface area contributed by atoms with Crippen LogP contribution in [0.2, 0.25) is 5.02 Å². The van der Waals surface area contributed by atoms with Gasteiger partial charge in [-0.3, -0.25) is 0 Å². The van der Waals surface area contributed by atoms with Crippen molar-refractivity contribution in [2.75, 3.05) is 20.2 Å². The lowest BCUT2D eigenvalue weighted by Crippen LogP contribution is -2.21. The smallest absolute Gasteiger partial charge is 0.490 e. The molecule has 0 aliphatic heterocycles. The number of aliphatic carboxylic acids is 1. The second kappa shape index (κ2) is 9.28. The predicted molar refractivity (Wildman–Crippen MR) is 85.2 cm³/mol. The summed E-state index contributed by atoms with van der Waals surface area (Å²) in [7, 11) is 1.88. The molecule has 0 spiro atoms. The van der Waals surface area contributed by atoms with E-state index in [0.717, 1.165) is 13.0 Å². The Hall–Kier alpha value is -2.26. The molecule has 2 aromatic rings. The highest BCUT2D eigenvalue weighted by Gasteiger charge is 2.38. The molecule has 0 saturated heterocycles. The van der Waals surface area contributed by atoms with Crippen LogP contribution in [0.5, 0.6) is 5.75 Å². The second-order valence-electron chi connectivity index (χ2n) is 4.68. The second-order valence-corrected chi connectivity index (χ2v) is 5.12. The summed E-state index contributed by atoms with van der Waals surface area (Å²) in [5.41, 5.74) is 0.0592. The lowest BCUT2D eigenvalue weighted by atomic mass is 10.2. The number of carboxylic acids is 1. The topological polar surface area (TPSA) is 88.8 Å². The first-order valence-corrected chi connectivity index (χ1v) is 7.34. The van der Waals surface area contributed by atoms with Crippen molar-refractivity contribution in [3.63, 3.8) is 0 Å². The van der Waals surface area contributed by atoms with Gasteiger partial charge in [-0.2, -0.15) is 13.2 Å². The number of rotatable bonds is 5. The normalized spacial score (nSPS) is 10.9. The molecule has 138 valence electrons. The van der Waals surface area contributed by atoms with Crippen LogP contribution in [0.3, 0.4) is 0 Å². The van der Waals surface area contributed by atoms with Crippen molar-refractivity contribution in [2.24, 2.45) is 0 Å². The molecule has 0 aliphatic carbocycles. The average Bonchev–Trinajstić information content (AvgIpc) is 2.51. The van der Waals surface area contributed by atoms with Crippen molar-refractivity contribution in [3.8, 4) is 5.75 Å². The minimum atomic E-state index is -5.08. The zero-order chi connectivity index (χ0) is 19.0. The summed E-state index contributed by atoms with van der Waals surface area (Å²) < 4.78 is 42.4. The molecule has 0 fully saturated rings. The number of alkyl halides is 3. The molecule has 0 amide bonds. The molecule has 1 aromatic carbocycles. The molecular weight excluding hydrogens is 367 g/mol. The fourth-order valence-corrected chi connectivity index (χ4v) is 1.83. The van der Waals surface area contributed by atoms with Gasteiger partial charge in [-0.25, -0.2) is 9.59 Å². The maximum Gasteiger partial charge on any atom is 0.490 e. The van der Waals surface area contributed by atoms with E-state index in [9.17, 15) is 18.0 Å². The van der Waals surface area contributed by atoms with Crippen molar-refractivity contribution in [1.82, 2.24) is 5.32 Å². The predicted octanol–water partition coefficient (Wildman–Crippen LogP) is 3.07. The van der Waals surface area contributed by atoms with Gasteiger partial charge in [-0.1, -0.05) is 11.6 Å². The highest BCUT2D eigenvalue weighted by atomic mass is 35.5. The first-order chi connectivity index (χ1) is 11.6. The third-order valence-corrected chi connectivity index (χ3v) is 2.97. The number of halogens is 4. The summed E-state index contributed by atoms with van der Waals surface area (Å²) in [4.78, 5) is 20.3. The van der Waals surface area contributed by atoms with E-state index >= 15 is 0 Å². The molecule has 1 heterocycles.